The van der Waals surface area contributed by atoms with Gasteiger partial charge in [0.05, 0.1) is 10.5 Å². The summed E-state index contributed by atoms with van der Waals surface area (Å²) < 4.78 is 37.1. The lowest BCUT2D eigenvalue weighted by molar-refractivity contribution is 0.0429. The molecule has 1 aromatic heterocycles. The van der Waals surface area contributed by atoms with Gasteiger partial charge in [-0.15, -0.1) is 0 Å². The molecule has 3 rings (SSSR count). The summed E-state index contributed by atoms with van der Waals surface area (Å²) in [6.45, 7) is 6.90. The third kappa shape index (κ3) is 4.59. The van der Waals surface area contributed by atoms with Crippen molar-refractivity contribution in [2.24, 2.45) is 5.92 Å². The maximum absolute atomic E-state index is 12.7. The highest BCUT2D eigenvalue weighted by Gasteiger charge is 2.28. The SMILES string of the molecule is CC1CCN(S(=O)(=O)c2ccc(C(=O)OCc3nc(C(C)C)no3)cc2)CC1. The molecule has 1 saturated heterocycles. The van der Waals surface area contributed by atoms with Crippen molar-refractivity contribution in [2.45, 2.75) is 51.0 Å². The van der Waals surface area contributed by atoms with E-state index >= 15 is 0 Å². The fraction of sp³-hybridized carbons (Fsp3) is 0.526. The number of esters is 1. The van der Waals surface area contributed by atoms with E-state index in [1.807, 2.05) is 13.8 Å². The first-order valence-electron chi connectivity index (χ1n) is 9.37. The average molecular weight is 407 g/mol. The van der Waals surface area contributed by atoms with Crippen LogP contribution in [0.5, 0.6) is 0 Å². The number of hydrogen-bond donors (Lipinski definition) is 0. The van der Waals surface area contributed by atoms with Crippen LogP contribution in [0.2, 0.25) is 0 Å². The molecule has 1 aliphatic rings. The van der Waals surface area contributed by atoms with Gasteiger partial charge < -0.3 is 9.26 Å². The number of hydrogen-bond acceptors (Lipinski definition) is 7. The maximum Gasteiger partial charge on any atom is 0.338 e. The quantitative estimate of drug-likeness (QED) is 0.678. The zero-order valence-electron chi connectivity index (χ0n) is 16.3. The molecule has 2 aromatic rings. The molecule has 0 atom stereocenters. The number of nitrogens with zero attached hydrogens (tertiary/aromatic N) is 3. The fourth-order valence-corrected chi connectivity index (χ4v) is 4.38. The molecule has 0 N–H and O–H groups in total. The smallest absolute Gasteiger partial charge is 0.338 e. The molecule has 28 heavy (non-hydrogen) atoms. The summed E-state index contributed by atoms with van der Waals surface area (Å²) in [5.74, 6) is 0.841. The minimum absolute atomic E-state index is 0.116. The minimum Gasteiger partial charge on any atom is -0.452 e. The van der Waals surface area contributed by atoms with E-state index < -0.39 is 16.0 Å². The molecule has 0 radical (unpaired) electrons. The third-order valence-corrected chi connectivity index (χ3v) is 6.71. The Hall–Kier alpha value is -2.26. The number of rotatable bonds is 6. The summed E-state index contributed by atoms with van der Waals surface area (Å²) in [5, 5.41) is 3.81. The minimum atomic E-state index is -3.54. The predicted molar refractivity (Wildman–Crippen MR) is 101 cm³/mol. The molecule has 0 aliphatic carbocycles. The summed E-state index contributed by atoms with van der Waals surface area (Å²) >= 11 is 0. The van der Waals surface area contributed by atoms with Gasteiger partial charge in [-0.3, -0.25) is 0 Å². The van der Waals surface area contributed by atoms with Gasteiger partial charge in [-0.1, -0.05) is 25.9 Å². The van der Waals surface area contributed by atoms with Crippen LogP contribution in [0, 0.1) is 5.92 Å². The summed E-state index contributed by atoms with van der Waals surface area (Å²) in [4.78, 5) is 16.5. The highest BCUT2D eigenvalue weighted by atomic mass is 32.2. The Balaban J connectivity index is 1.62. The van der Waals surface area contributed by atoms with Crippen LogP contribution in [0.1, 0.15) is 61.6 Å². The molecule has 8 nitrogen and oxygen atoms in total. The molecule has 0 spiro atoms. The summed E-state index contributed by atoms with van der Waals surface area (Å²) in [6, 6.07) is 5.78. The molecule has 1 aromatic carbocycles. The van der Waals surface area contributed by atoms with Crippen molar-refractivity contribution in [1.29, 1.82) is 0 Å². The van der Waals surface area contributed by atoms with E-state index in [-0.39, 0.29) is 28.9 Å². The van der Waals surface area contributed by atoms with E-state index in [0.717, 1.165) is 12.8 Å². The van der Waals surface area contributed by atoms with Crippen molar-refractivity contribution >= 4 is 16.0 Å². The van der Waals surface area contributed by atoms with Crippen molar-refractivity contribution in [2.75, 3.05) is 13.1 Å². The van der Waals surface area contributed by atoms with E-state index in [4.69, 9.17) is 9.26 Å². The van der Waals surface area contributed by atoms with Crippen LogP contribution in [0.15, 0.2) is 33.7 Å². The van der Waals surface area contributed by atoms with Gasteiger partial charge in [-0.25, -0.2) is 13.2 Å². The second kappa shape index (κ2) is 8.40. The van der Waals surface area contributed by atoms with E-state index in [9.17, 15) is 13.2 Å². The van der Waals surface area contributed by atoms with Gasteiger partial charge in [0.15, 0.2) is 12.4 Å². The topological polar surface area (TPSA) is 103 Å². The van der Waals surface area contributed by atoms with Crippen molar-refractivity contribution in [3.63, 3.8) is 0 Å². The first-order valence-corrected chi connectivity index (χ1v) is 10.8. The molecule has 2 heterocycles. The molecule has 0 unspecified atom stereocenters. The van der Waals surface area contributed by atoms with Gasteiger partial charge in [0, 0.05) is 19.0 Å². The molecule has 0 saturated carbocycles. The predicted octanol–water partition coefficient (Wildman–Crippen LogP) is 2.97. The molecule has 1 fully saturated rings. The zero-order valence-corrected chi connectivity index (χ0v) is 17.1. The third-order valence-electron chi connectivity index (χ3n) is 4.80. The number of benzene rings is 1. The van der Waals surface area contributed by atoms with Crippen molar-refractivity contribution in [3.05, 3.63) is 41.5 Å². The Morgan fingerprint density at radius 3 is 2.46 bits per heavy atom. The first-order chi connectivity index (χ1) is 13.3. The van der Waals surface area contributed by atoms with Gasteiger partial charge in [-0.05, 0) is 43.0 Å². The molecule has 0 amide bonds. The highest BCUT2D eigenvalue weighted by Crippen LogP contribution is 2.23. The summed E-state index contributed by atoms with van der Waals surface area (Å²) in [7, 11) is -3.54. The Kier molecular flexibility index (Phi) is 6.14. The van der Waals surface area contributed by atoms with Crippen molar-refractivity contribution < 1.29 is 22.5 Å². The standard InChI is InChI=1S/C19H25N3O5S/c1-13(2)18-20-17(27-21-18)12-26-19(23)15-4-6-16(7-5-15)28(24,25)22-10-8-14(3)9-11-22/h4-7,13-14H,8-12H2,1-3H3. The first kappa shape index (κ1) is 20.5. The van der Waals surface area contributed by atoms with Crippen LogP contribution in [0.3, 0.4) is 0 Å². The largest absolute Gasteiger partial charge is 0.452 e. The molecule has 1 aliphatic heterocycles. The number of aromatic nitrogens is 2. The molecule has 0 bridgehead atoms. The fourth-order valence-electron chi connectivity index (χ4n) is 2.91. The van der Waals surface area contributed by atoms with Crippen LogP contribution in [-0.4, -0.2) is 41.9 Å². The highest BCUT2D eigenvalue weighted by molar-refractivity contribution is 7.89. The molecular weight excluding hydrogens is 382 g/mol. The Morgan fingerprint density at radius 2 is 1.89 bits per heavy atom. The van der Waals surface area contributed by atoms with Crippen LogP contribution in [0.25, 0.3) is 0 Å². The van der Waals surface area contributed by atoms with Crippen LogP contribution < -0.4 is 0 Å². The molecule has 9 heteroatoms. The van der Waals surface area contributed by atoms with Gasteiger partial charge in [-0.2, -0.15) is 9.29 Å². The second-order valence-electron chi connectivity index (χ2n) is 7.39. The zero-order chi connectivity index (χ0) is 20.3. The number of carbonyl (C=O) groups excluding carboxylic acids is 1. The monoisotopic (exact) mass is 407 g/mol. The van der Waals surface area contributed by atoms with E-state index in [1.165, 1.54) is 28.6 Å². The second-order valence-corrected chi connectivity index (χ2v) is 9.33. The lowest BCUT2D eigenvalue weighted by Crippen LogP contribution is -2.37. The number of sulfonamides is 1. The lowest BCUT2D eigenvalue weighted by Gasteiger charge is -2.29. The van der Waals surface area contributed by atoms with E-state index in [1.54, 1.807) is 0 Å². The van der Waals surface area contributed by atoms with Gasteiger partial charge in [0.1, 0.15) is 0 Å². The summed E-state index contributed by atoms with van der Waals surface area (Å²) in [6.07, 6.45) is 1.72. The molecular formula is C19H25N3O5S. The normalized spacial score (nSPS) is 16.4. The van der Waals surface area contributed by atoms with Crippen molar-refractivity contribution in [1.82, 2.24) is 14.4 Å². The Labute approximate surface area is 164 Å². The number of ether oxygens (including phenoxy) is 1. The average Bonchev–Trinajstić information content (AvgIpc) is 3.16. The van der Waals surface area contributed by atoms with E-state index in [0.29, 0.717) is 24.8 Å². The van der Waals surface area contributed by atoms with Crippen LogP contribution >= 0.6 is 0 Å². The molecule has 152 valence electrons. The lowest BCUT2D eigenvalue weighted by atomic mass is 10.0. The summed E-state index contributed by atoms with van der Waals surface area (Å²) in [5.41, 5.74) is 0.259. The van der Waals surface area contributed by atoms with Crippen LogP contribution in [-0.2, 0) is 21.4 Å². The van der Waals surface area contributed by atoms with Gasteiger partial charge in [0.2, 0.25) is 10.0 Å². The Morgan fingerprint density at radius 1 is 1.25 bits per heavy atom. The Bertz CT molecular complexity index is 913. The van der Waals surface area contributed by atoms with Gasteiger partial charge >= 0.3 is 5.97 Å². The van der Waals surface area contributed by atoms with E-state index in [2.05, 4.69) is 17.1 Å². The van der Waals surface area contributed by atoms with Gasteiger partial charge in [0.25, 0.3) is 5.89 Å². The number of piperidine rings is 1. The number of carbonyl (C=O) groups is 1. The maximum atomic E-state index is 12.7. The van der Waals surface area contributed by atoms with Crippen molar-refractivity contribution in [3.8, 4) is 0 Å². The van der Waals surface area contributed by atoms with Crippen LogP contribution in [0.4, 0.5) is 0 Å².